The average Bonchev–Trinajstić information content (AvgIpc) is 3.35. The number of hydrogen-bond acceptors (Lipinski definition) is 4. The Bertz CT molecular complexity index is 839. The van der Waals surface area contributed by atoms with E-state index in [4.69, 9.17) is 4.74 Å². The maximum absolute atomic E-state index is 12.2. The normalized spacial score (nSPS) is 14.9. The Morgan fingerprint density at radius 3 is 2.28 bits per heavy atom. The van der Waals surface area contributed by atoms with Crippen molar-refractivity contribution in [1.29, 1.82) is 0 Å². The zero-order chi connectivity index (χ0) is 21.9. The second-order valence-electron chi connectivity index (χ2n) is 7.53. The van der Waals surface area contributed by atoms with Gasteiger partial charge in [0.25, 0.3) is 5.91 Å². The molecule has 3 N–H and O–H groups in total. The molecule has 2 aromatic rings. The number of nitrogens with one attached hydrogen (secondary N) is 3. The number of aliphatic imine (C=N–C) groups is 1. The van der Waals surface area contributed by atoms with Crippen molar-refractivity contribution in [1.82, 2.24) is 20.9 Å². The third-order valence-corrected chi connectivity index (χ3v) is 5.51. The number of rotatable bonds is 9. The SMILES string of the molecule is CN=C(NCCNC(=O)c1ccc(OC)cc1)NCC(c1ccccc1)N1CCCC1.I. The summed E-state index contributed by atoms with van der Waals surface area (Å²) in [4.78, 5) is 19.1. The molecule has 1 unspecified atom stereocenters. The van der Waals surface area contributed by atoms with E-state index in [-0.39, 0.29) is 29.9 Å². The van der Waals surface area contributed by atoms with Crippen LogP contribution in [-0.4, -0.2) is 63.6 Å². The fraction of sp³-hybridized carbons (Fsp3) is 0.417. The smallest absolute Gasteiger partial charge is 0.251 e. The van der Waals surface area contributed by atoms with Crippen LogP contribution in [0.2, 0.25) is 0 Å². The van der Waals surface area contributed by atoms with Crippen molar-refractivity contribution < 1.29 is 9.53 Å². The summed E-state index contributed by atoms with van der Waals surface area (Å²) in [5.41, 5.74) is 1.93. The highest BCUT2D eigenvalue weighted by Gasteiger charge is 2.23. The summed E-state index contributed by atoms with van der Waals surface area (Å²) in [7, 11) is 3.37. The molecule has 0 aliphatic carbocycles. The monoisotopic (exact) mass is 551 g/mol. The summed E-state index contributed by atoms with van der Waals surface area (Å²) >= 11 is 0. The molecule has 0 bridgehead atoms. The van der Waals surface area contributed by atoms with Crippen LogP contribution < -0.4 is 20.7 Å². The van der Waals surface area contributed by atoms with Crippen molar-refractivity contribution in [3.63, 3.8) is 0 Å². The number of guanidine groups is 1. The lowest BCUT2D eigenvalue weighted by atomic mass is 10.1. The molecule has 0 aromatic heterocycles. The fourth-order valence-electron chi connectivity index (χ4n) is 3.80. The minimum absolute atomic E-state index is 0. The highest BCUT2D eigenvalue weighted by atomic mass is 127. The van der Waals surface area contributed by atoms with Crippen LogP contribution in [0, 0.1) is 0 Å². The quantitative estimate of drug-likeness (QED) is 0.193. The molecule has 1 aliphatic heterocycles. The van der Waals surface area contributed by atoms with Gasteiger partial charge >= 0.3 is 0 Å². The number of nitrogens with zero attached hydrogens (tertiary/aromatic N) is 2. The van der Waals surface area contributed by atoms with Gasteiger partial charge in [0, 0.05) is 32.2 Å². The van der Waals surface area contributed by atoms with Gasteiger partial charge in [-0.2, -0.15) is 0 Å². The van der Waals surface area contributed by atoms with Gasteiger partial charge in [0.1, 0.15) is 5.75 Å². The predicted molar refractivity (Wildman–Crippen MR) is 140 cm³/mol. The van der Waals surface area contributed by atoms with Crippen LogP contribution in [0.3, 0.4) is 0 Å². The molecular weight excluding hydrogens is 517 g/mol. The summed E-state index contributed by atoms with van der Waals surface area (Å²) in [5, 5.41) is 9.64. The molecule has 3 rings (SSSR count). The molecule has 8 heteroatoms. The van der Waals surface area contributed by atoms with E-state index in [1.54, 1.807) is 38.4 Å². The largest absolute Gasteiger partial charge is 0.497 e. The second-order valence-corrected chi connectivity index (χ2v) is 7.53. The molecule has 2 aromatic carbocycles. The molecular formula is C24H34IN5O2. The first-order valence-electron chi connectivity index (χ1n) is 10.9. The molecule has 1 heterocycles. The molecule has 174 valence electrons. The van der Waals surface area contributed by atoms with E-state index in [0.717, 1.165) is 31.3 Å². The average molecular weight is 551 g/mol. The Hall–Kier alpha value is -2.33. The van der Waals surface area contributed by atoms with Crippen molar-refractivity contribution in [3.05, 3.63) is 65.7 Å². The number of carbonyl (C=O) groups excluding carboxylic acids is 1. The number of hydrogen-bond donors (Lipinski definition) is 3. The van der Waals surface area contributed by atoms with Gasteiger partial charge in [0.05, 0.1) is 13.2 Å². The fourth-order valence-corrected chi connectivity index (χ4v) is 3.80. The highest BCUT2D eigenvalue weighted by molar-refractivity contribution is 14.0. The maximum atomic E-state index is 12.2. The van der Waals surface area contributed by atoms with Crippen LogP contribution >= 0.6 is 24.0 Å². The molecule has 0 saturated carbocycles. The molecule has 32 heavy (non-hydrogen) atoms. The van der Waals surface area contributed by atoms with Gasteiger partial charge in [-0.15, -0.1) is 24.0 Å². The zero-order valence-electron chi connectivity index (χ0n) is 18.8. The van der Waals surface area contributed by atoms with E-state index in [0.29, 0.717) is 24.7 Å². The van der Waals surface area contributed by atoms with E-state index in [9.17, 15) is 4.79 Å². The van der Waals surface area contributed by atoms with Crippen LogP contribution in [0.25, 0.3) is 0 Å². The molecule has 0 radical (unpaired) electrons. The van der Waals surface area contributed by atoms with Crippen LogP contribution in [-0.2, 0) is 0 Å². The van der Waals surface area contributed by atoms with E-state index in [1.807, 2.05) is 0 Å². The topological polar surface area (TPSA) is 78.0 Å². The van der Waals surface area contributed by atoms with E-state index >= 15 is 0 Å². The number of carbonyl (C=O) groups is 1. The number of amides is 1. The van der Waals surface area contributed by atoms with Crippen LogP contribution in [0.5, 0.6) is 5.75 Å². The minimum Gasteiger partial charge on any atom is -0.497 e. The van der Waals surface area contributed by atoms with E-state index in [2.05, 4.69) is 56.2 Å². The van der Waals surface area contributed by atoms with Gasteiger partial charge in [0.15, 0.2) is 5.96 Å². The molecule has 1 saturated heterocycles. The summed E-state index contributed by atoms with van der Waals surface area (Å²) < 4.78 is 5.12. The molecule has 0 spiro atoms. The van der Waals surface area contributed by atoms with Crippen LogP contribution in [0.15, 0.2) is 59.6 Å². The summed E-state index contributed by atoms with van der Waals surface area (Å²) in [5.74, 6) is 1.36. The molecule has 1 aliphatic rings. The lowest BCUT2D eigenvalue weighted by Gasteiger charge is -2.29. The first-order valence-corrected chi connectivity index (χ1v) is 10.9. The predicted octanol–water partition coefficient (Wildman–Crippen LogP) is 3.05. The number of benzene rings is 2. The number of ether oxygens (including phenoxy) is 1. The lowest BCUT2D eigenvalue weighted by Crippen LogP contribution is -2.44. The molecule has 7 nitrogen and oxygen atoms in total. The first kappa shape index (κ1) is 25.9. The van der Waals surface area contributed by atoms with Crippen molar-refractivity contribution in [3.8, 4) is 5.75 Å². The summed E-state index contributed by atoms with van der Waals surface area (Å²) in [6.07, 6.45) is 2.51. The van der Waals surface area contributed by atoms with E-state index in [1.165, 1.54) is 18.4 Å². The molecule has 1 fully saturated rings. The van der Waals surface area contributed by atoms with Gasteiger partial charge in [-0.25, -0.2) is 0 Å². The minimum atomic E-state index is -0.106. The highest BCUT2D eigenvalue weighted by Crippen LogP contribution is 2.24. The Morgan fingerprint density at radius 2 is 1.66 bits per heavy atom. The summed E-state index contributed by atoms with van der Waals surface area (Å²) in [6, 6.07) is 18.0. The second kappa shape index (κ2) is 13.9. The van der Waals surface area contributed by atoms with Crippen molar-refractivity contribution in [2.45, 2.75) is 18.9 Å². The van der Waals surface area contributed by atoms with Crippen LogP contribution in [0.4, 0.5) is 0 Å². The van der Waals surface area contributed by atoms with Gasteiger partial charge in [-0.05, 0) is 55.8 Å². The van der Waals surface area contributed by atoms with Crippen molar-refractivity contribution >= 4 is 35.8 Å². The Balaban J connectivity index is 0.00000363. The van der Waals surface area contributed by atoms with Crippen LogP contribution in [0.1, 0.15) is 34.8 Å². The summed E-state index contributed by atoms with van der Waals surface area (Å²) in [6.45, 7) is 4.12. The van der Waals surface area contributed by atoms with Gasteiger partial charge in [-0.3, -0.25) is 14.7 Å². The van der Waals surface area contributed by atoms with Gasteiger partial charge in [0.2, 0.25) is 0 Å². The Morgan fingerprint density at radius 1 is 1.00 bits per heavy atom. The van der Waals surface area contributed by atoms with Crippen molar-refractivity contribution in [2.75, 3.05) is 46.9 Å². The maximum Gasteiger partial charge on any atom is 0.251 e. The lowest BCUT2D eigenvalue weighted by molar-refractivity contribution is 0.0954. The van der Waals surface area contributed by atoms with E-state index < -0.39 is 0 Å². The number of methoxy groups -OCH3 is 1. The Labute approximate surface area is 208 Å². The Kier molecular flexibility index (Phi) is 11.3. The number of halogens is 1. The number of likely N-dealkylation sites (tertiary alicyclic amines) is 1. The molecule has 1 amide bonds. The third kappa shape index (κ3) is 7.67. The third-order valence-electron chi connectivity index (χ3n) is 5.51. The zero-order valence-corrected chi connectivity index (χ0v) is 21.2. The van der Waals surface area contributed by atoms with Gasteiger partial charge < -0.3 is 20.7 Å². The van der Waals surface area contributed by atoms with Gasteiger partial charge in [-0.1, -0.05) is 30.3 Å². The standard InChI is InChI=1S/C24H33N5O2.HI/c1-25-24(27-15-14-26-23(30)20-10-12-21(31-2)13-11-20)28-18-22(29-16-6-7-17-29)19-8-4-3-5-9-19;/h3-5,8-13,22H,6-7,14-18H2,1-2H3,(H,26,30)(H2,25,27,28);1H. The molecule has 1 atom stereocenters. The first-order chi connectivity index (χ1) is 15.2. The van der Waals surface area contributed by atoms with Crippen molar-refractivity contribution in [2.24, 2.45) is 4.99 Å².